The third-order valence-electron chi connectivity index (χ3n) is 3.74. The fraction of sp³-hybridized carbons (Fsp3) is 0.188. The van der Waals surface area contributed by atoms with Crippen molar-refractivity contribution in [2.75, 3.05) is 0 Å². The van der Waals surface area contributed by atoms with E-state index >= 15 is 0 Å². The Labute approximate surface area is 139 Å². The van der Waals surface area contributed by atoms with Gasteiger partial charge in [0, 0.05) is 23.0 Å². The number of benzene rings is 2. The molecule has 118 valence electrons. The molecule has 3 rings (SSSR count). The fourth-order valence-electron chi connectivity index (χ4n) is 2.59. The zero-order valence-corrected chi connectivity index (χ0v) is 13.3. The van der Waals surface area contributed by atoms with Crippen molar-refractivity contribution in [1.29, 1.82) is 0 Å². The molecular formula is C16H11BrFNO4. The normalized spacial score (nSPS) is 19.2. The third kappa shape index (κ3) is 2.96. The van der Waals surface area contributed by atoms with E-state index in [-0.39, 0.29) is 17.7 Å². The summed E-state index contributed by atoms with van der Waals surface area (Å²) in [5, 5.41) is 10.6. The number of non-ortho nitro benzene ring substituents is 1. The summed E-state index contributed by atoms with van der Waals surface area (Å²) in [5.41, 5.74) is 1.45. The number of nitro groups is 1. The quantitative estimate of drug-likeness (QED) is 0.456. The van der Waals surface area contributed by atoms with E-state index in [9.17, 15) is 19.3 Å². The predicted octanol–water partition coefficient (Wildman–Crippen LogP) is 4.15. The largest absolute Gasteiger partial charge is 0.451 e. The highest BCUT2D eigenvalue weighted by atomic mass is 79.9. The van der Waals surface area contributed by atoms with Crippen molar-refractivity contribution in [1.82, 2.24) is 0 Å². The summed E-state index contributed by atoms with van der Waals surface area (Å²) >= 11 is 3.36. The highest BCUT2D eigenvalue weighted by molar-refractivity contribution is 9.10. The Morgan fingerprint density at radius 1 is 1.26 bits per heavy atom. The second-order valence-corrected chi connectivity index (χ2v) is 6.01. The number of rotatable bonds is 3. The standard InChI is InChI=1S/C16H11BrFNO4/c17-13-3-1-2-11-12(13)8-14(18)15(11)23-16(20)9-4-6-10(7-5-9)19(21)22/h1-7,14-15H,8H2/t14-,15-/m1/s1. The number of ether oxygens (including phenoxy) is 1. The molecule has 2 aromatic rings. The molecule has 0 unspecified atom stereocenters. The molecule has 23 heavy (non-hydrogen) atoms. The molecule has 0 aromatic heterocycles. The van der Waals surface area contributed by atoms with E-state index < -0.39 is 23.2 Å². The summed E-state index contributed by atoms with van der Waals surface area (Å²) in [6.45, 7) is 0. The first-order valence-corrected chi connectivity index (χ1v) is 7.63. The summed E-state index contributed by atoms with van der Waals surface area (Å²) < 4.78 is 20.3. The van der Waals surface area contributed by atoms with Gasteiger partial charge < -0.3 is 4.74 Å². The summed E-state index contributed by atoms with van der Waals surface area (Å²) in [7, 11) is 0. The minimum atomic E-state index is -1.31. The van der Waals surface area contributed by atoms with Gasteiger partial charge in [0.15, 0.2) is 6.10 Å². The molecule has 0 spiro atoms. The maximum absolute atomic E-state index is 14.2. The van der Waals surface area contributed by atoms with E-state index in [0.29, 0.717) is 5.56 Å². The summed E-state index contributed by atoms with van der Waals surface area (Å²) in [6.07, 6.45) is -2.11. The first-order valence-electron chi connectivity index (χ1n) is 6.84. The van der Waals surface area contributed by atoms with Gasteiger partial charge in [-0.1, -0.05) is 28.1 Å². The van der Waals surface area contributed by atoms with Crippen LogP contribution in [0.15, 0.2) is 46.9 Å². The Kier molecular flexibility index (Phi) is 4.12. The zero-order chi connectivity index (χ0) is 16.6. The summed E-state index contributed by atoms with van der Waals surface area (Å²) in [4.78, 5) is 22.2. The number of nitrogens with zero attached hydrogens (tertiary/aromatic N) is 1. The van der Waals surface area contributed by atoms with Gasteiger partial charge in [-0.25, -0.2) is 9.18 Å². The van der Waals surface area contributed by atoms with Gasteiger partial charge in [0.05, 0.1) is 10.5 Å². The molecule has 0 saturated heterocycles. The van der Waals surface area contributed by atoms with Crippen LogP contribution in [0.5, 0.6) is 0 Å². The number of esters is 1. The van der Waals surface area contributed by atoms with Crippen LogP contribution in [0, 0.1) is 10.1 Å². The molecule has 0 bridgehead atoms. The summed E-state index contributed by atoms with van der Waals surface area (Å²) in [5.74, 6) is -0.708. The lowest BCUT2D eigenvalue weighted by molar-refractivity contribution is -0.384. The number of hydrogen-bond acceptors (Lipinski definition) is 4. The average molecular weight is 380 g/mol. The van der Waals surface area contributed by atoms with Gasteiger partial charge in [-0.3, -0.25) is 10.1 Å². The molecule has 2 atom stereocenters. The lowest BCUT2D eigenvalue weighted by Crippen LogP contribution is -2.17. The van der Waals surface area contributed by atoms with Gasteiger partial charge in [0.1, 0.15) is 6.17 Å². The second-order valence-electron chi connectivity index (χ2n) is 5.16. The van der Waals surface area contributed by atoms with Crippen LogP contribution in [0.3, 0.4) is 0 Å². The van der Waals surface area contributed by atoms with E-state index in [1.165, 1.54) is 24.3 Å². The number of alkyl halides is 1. The molecule has 0 heterocycles. The number of fused-ring (bicyclic) bond motifs is 1. The molecular weight excluding hydrogens is 369 g/mol. The molecule has 7 heteroatoms. The van der Waals surface area contributed by atoms with Crippen LogP contribution in [0.25, 0.3) is 0 Å². The lowest BCUT2D eigenvalue weighted by Gasteiger charge is -2.15. The molecule has 1 aliphatic rings. The van der Waals surface area contributed by atoms with Gasteiger partial charge in [-0.15, -0.1) is 0 Å². The molecule has 0 aliphatic heterocycles. The van der Waals surface area contributed by atoms with Crippen molar-refractivity contribution in [2.45, 2.75) is 18.7 Å². The Bertz CT molecular complexity index is 778. The van der Waals surface area contributed by atoms with E-state index in [0.717, 1.165) is 10.0 Å². The Morgan fingerprint density at radius 2 is 1.96 bits per heavy atom. The molecule has 0 saturated carbocycles. The first kappa shape index (κ1) is 15.6. The highest BCUT2D eigenvalue weighted by Crippen LogP contribution is 2.40. The average Bonchev–Trinajstić information content (AvgIpc) is 2.85. The van der Waals surface area contributed by atoms with Gasteiger partial charge in [0.25, 0.3) is 5.69 Å². The van der Waals surface area contributed by atoms with Gasteiger partial charge in [0.2, 0.25) is 0 Å². The Balaban J connectivity index is 1.81. The molecule has 0 fully saturated rings. The van der Waals surface area contributed by atoms with Crippen molar-refractivity contribution in [3.63, 3.8) is 0 Å². The van der Waals surface area contributed by atoms with E-state index in [1.54, 1.807) is 12.1 Å². The van der Waals surface area contributed by atoms with Crippen LogP contribution >= 0.6 is 15.9 Å². The molecule has 1 aliphatic carbocycles. The van der Waals surface area contributed by atoms with Crippen LogP contribution in [0.1, 0.15) is 27.6 Å². The number of hydrogen-bond donors (Lipinski definition) is 0. The van der Waals surface area contributed by atoms with Gasteiger partial charge >= 0.3 is 5.97 Å². The second kappa shape index (κ2) is 6.08. The Hall–Kier alpha value is -2.28. The van der Waals surface area contributed by atoms with Crippen molar-refractivity contribution in [3.8, 4) is 0 Å². The maximum Gasteiger partial charge on any atom is 0.338 e. The van der Waals surface area contributed by atoms with E-state index in [2.05, 4.69) is 15.9 Å². The molecule has 0 radical (unpaired) electrons. The number of carbonyl (C=O) groups is 1. The molecule has 2 aromatic carbocycles. The number of halogens is 2. The molecule has 0 N–H and O–H groups in total. The monoisotopic (exact) mass is 379 g/mol. The van der Waals surface area contributed by atoms with Crippen LogP contribution in [-0.4, -0.2) is 17.1 Å². The summed E-state index contributed by atoms with van der Waals surface area (Å²) in [6, 6.07) is 10.3. The minimum absolute atomic E-state index is 0.125. The van der Waals surface area contributed by atoms with Crippen molar-refractivity contribution in [2.24, 2.45) is 0 Å². The first-order chi connectivity index (χ1) is 11.0. The van der Waals surface area contributed by atoms with Gasteiger partial charge in [-0.2, -0.15) is 0 Å². The fourth-order valence-corrected chi connectivity index (χ4v) is 3.14. The lowest BCUT2D eigenvalue weighted by atomic mass is 10.1. The minimum Gasteiger partial charge on any atom is -0.451 e. The zero-order valence-electron chi connectivity index (χ0n) is 11.7. The topological polar surface area (TPSA) is 69.4 Å². The SMILES string of the molecule is O=C(O[C@@H]1c2cccc(Br)c2C[C@H]1F)c1ccc([N+](=O)[O-])cc1. The highest BCUT2D eigenvalue weighted by Gasteiger charge is 2.36. The molecule has 5 nitrogen and oxygen atoms in total. The van der Waals surface area contributed by atoms with E-state index in [1.807, 2.05) is 6.07 Å². The van der Waals surface area contributed by atoms with Crippen molar-refractivity contribution in [3.05, 3.63) is 73.7 Å². The van der Waals surface area contributed by atoms with Gasteiger partial charge in [-0.05, 0) is 29.3 Å². The van der Waals surface area contributed by atoms with Crippen molar-refractivity contribution >= 4 is 27.6 Å². The van der Waals surface area contributed by atoms with Crippen LogP contribution < -0.4 is 0 Å². The number of nitro benzene ring substituents is 1. The molecule has 0 amide bonds. The third-order valence-corrected chi connectivity index (χ3v) is 4.48. The van der Waals surface area contributed by atoms with Crippen molar-refractivity contribution < 1.29 is 18.8 Å². The Morgan fingerprint density at radius 3 is 2.61 bits per heavy atom. The number of carbonyl (C=O) groups excluding carboxylic acids is 1. The predicted molar refractivity (Wildman–Crippen MR) is 84.0 cm³/mol. The maximum atomic E-state index is 14.2. The van der Waals surface area contributed by atoms with E-state index in [4.69, 9.17) is 4.74 Å². The van der Waals surface area contributed by atoms with Crippen LogP contribution in [0.2, 0.25) is 0 Å². The van der Waals surface area contributed by atoms with Crippen LogP contribution in [0.4, 0.5) is 10.1 Å². The smallest absolute Gasteiger partial charge is 0.338 e. The van der Waals surface area contributed by atoms with Crippen LogP contribution in [-0.2, 0) is 11.2 Å².